The van der Waals surface area contributed by atoms with Gasteiger partial charge in [-0.15, -0.1) is 0 Å². The lowest BCUT2D eigenvalue weighted by atomic mass is 10.1. The lowest BCUT2D eigenvalue weighted by Crippen LogP contribution is -2.40. The van der Waals surface area contributed by atoms with E-state index < -0.39 is 11.8 Å². The molecular formula is C14H19ClN2O2. The van der Waals surface area contributed by atoms with Crippen molar-refractivity contribution in [2.24, 2.45) is 0 Å². The van der Waals surface area contributed by atoms with Crippen molar-refractivity contribution in [3.05, 3.63) is 28.3 Å². The lowest BCUT2D eigenvalue weighted by molar-refractivity contribution is -0.136. The number of hydrogen-bond acceptors (Lipinski definition) is 2. The number of carbonyl (C=O) groups is 2. The van der Waals surface area contributed by atoms with Crippen molar-refractivity contribution < 1.29 is 9.59 Å². The summed E-state index contributed by atoms with van der Waals surface area (Å²) in [6.07, 6.45) is 0.767. The third-order valence-electron chi connectivity index (χ3n) is 2.87. The number of anilines is 1. The number of amides is 2. The zero-order chi connectivity index (χ0) is 14.6. The molecule has 2 N–H and O–H groups in total. The minimum absolute atomic E-state index is 0.0344. The van der Waals surface area contributed by atoms with E-state index in [0.717, 1.165) is 17.5 Å². The van der Waals surface area contributed by atoms with Gasteiger partial charge in [-0.3, -0.25) is 9.59 Å². The van der Waals surface area contributed by atoms with Crippen LogP contribution in [0.4, 0.5) is 5.69 Å². The van der Waals surface area contributed by atoms with Crippen LogP contribution < -0.4 is 10.6 Å². The molecule has 0 saturated carbocycles. The quantitative estimate of drug-likeness (QED) is 0.838. The Balaban J connectivity index is 2.80. The fraction of sp³-hybridized carbons (Fsp3) is 0.429. The van der Waals surface area contributed by atoms with Gasteiger partial charge >= 0.3 is 11.8 Å². The third kappa shape index (κ3) is 4.24. The molecular weight excluding hydrogens is 264 g/mol. The van der Waals surface area contributed by atoms with Crippen molar-refractivity contribution in [2.75, 3.05) is 5.32 Å². The molecule has 4 nitrogen and oxygen atoms in total. The molecule has 0 aromatic heterocycles. The summed E-state index contributed by atoms with van der Waals surface area (Å²) >= 11 is 6.07. The van der Waals surface area contributed by atoms with Gasteiger partial charge in [0.25, 0.3) is 0 Å². The Bertz CT molecular complexity index is 477. The molecule has 0 fully saturated rings. The molecule has 0 aliphatic heterocycles. The molecule has 0 spiro atoms. The first-order chi connectivity index (χ1) is 8.85. The monoisotopic (exact) mass is 282 g/mol. The minimum Gasteiger partial charge on any atom is -0.345 e. The van der Waals surface area contributed by atoms with Crippen LogP contribution in [0.25, 0.3) is 0 Å². The van der Waals surface area contributed by atoms with E-state index in [1.807, 2.05) is 33.8 Å². The van der Waals surface area contributed by atoms with Gasteiger partial charge in [0.1, 0.15) is 0 Å². The molecule has 5 heteroatoms. The maximum Gasteiger partial charge on any atom is 0.313 e. The molecule has 0 aliphatic carbocycles. The fourth-order valence-electron chi connectivity index (χ4n) is 1.64. The van der Waals surface area contributed by atoms with Gasteiger partial charge in [0, 0.05) is 6.04 Å². The van der Waals surface area contributed by atoms with E-state index in [9.17, 15) is 9.59 Å². The van der Waals surface area contributed by atoms with E-state index in [4.69, 9.17) is 11.6 Å². The van der Waals surface area contributed by atoms with Crippen molar-refractivity contribution in [2.45, 2.75) is 40.2 Å². The minimum atomic E-state index is -0.700. The maximum atomic E-state index is 11.8. The van der Waals surface area contributed by atoms with Crippen LogP contribution in [-0.4, -0.2) is 17.9 Å². The molecule has 0 saturated heterocycles. The van der Waals surface area contributed by atoms with Gasteiger partial charge < -0.3 is 10.6 Å². The van der Waals surface area contributed by atoms with E-state index in [1.165, 1.54) is 0 Å². The van der Waals surface area contributed by atoms with Crippen molar-refractivity contribution in [1.29, 1.82) is 0 Å². The van der Waals surface area contributed by atoms with Gasteiger partial charge in [-0.2, -0.15) is 0 Å². The molecule has 104 valence electrons. The maximum absolute atomic E-state index is 11.8. The fourth-order valence-corrected chi connectivity index (χ4v) is 2.00. The standard InChI is InChI=1S/C14H19ClN2O2/c1-5-10(4)16-13(18)14(19)17-12-9(3)6-8(2)7-11(12)15/h6-7,10H,5H2,1-4H3,(H,16,18)(H,17,19). The molecule has 19 heavy (non-hydrogen) atoms. The Morgan fingerprint density at radius 1 is 1.26 bits per heavy atom. The van der Waals surface area contributed by atoms with E-state index in [1.54, 1.807) is 6.07 Å². The molecule has 0 heterocycles. The van der Waals surface area contributed by atoms with Crippen molar-refractivity contribution >= 4 is 29.1 Å². The number of aryl methyl sites for hydroxylation is 2. The smallest absolute Gasteiger partial charge is 0.313 e. The summed E-state index contributed by atoms with van der Waals surface area (Å²) in [5, 5.41) is 5.59. The van der Waals surface area contributed by atoms with E-state index in [0.29, 0.717) is 10.7 Å². The van der Waals surface area contributed by atoms with Gasteiger partial charge in [0.15, 0.2) is 0 Å². The summed E-state index contributed by atoms with van der Waals surface area (Å²) in [5.41, 5.74) is 2.32. The molecule has 1 aromatic carbocycles. The highest BCUT2D eigenvalue weighted by Crippen LogP contribution is 2.27. The van der Waals surface area contributed by atoms with E-state index in [2.05, 4.69) is 10.6 Å². The normalized spacial score (nSPS) is 11.8. The Kier molecular flexibility index (Phi) is 5.36. The van der Waals surface area contributed by atoms with Gasteiger partial charge in [0.2, 0.25) is 0 Å². The van der Waals surface area contributed by atoms with Crippen LogP contribution in [0.2, 0.25) is 5.02 Å². The Labute approximate surface area is 118 Å². The lowest BCUT2D eigenvalue weighted by Gasteiger charge is -2.13. The summed E-state index contributed by atoms with van der Waals surface area (Å²) in [6, 6.07) is 3.61. The molecule has 1 unspecified atom stereocenters. The SMILES string of the molecule is CCC(C)NC(=O)C(=O)Nc1c(C)cc(C)cc1Cl. The van der Waals surface area contributed by atoms with Crippen molar-refractivity contribution in [3.8, 4) is 0 Å². The largest absolute Gasteiger partial charge is 0.345 e. The van der Waals surface area contributed by atoms with E-state index >= 15 is 0 Å². The van der Waals surface area contributed by atoms with Gasteiger partial charge in [-0.25, -0.2) is 0 Å². The van der Waals surface area contributed by atoms with Crippen LogP contribution in [-0.2, 0) is 9.59 Å². The van der Waals surface area contributed by atoms with Gasteiger partial charge in [-0.1, -0.05) is 24.6 Å². The average Bonchev–Trinajstić information content (AvgIpc) is 2.32. The van der Waals surface area contributed by atoms with Gasteiger partial charge in [0.05, 0.1) is 10.7 Å². The van der Waals surface area contributed by atoms with Gasteiger partial charge in [-0.05, 0) is 44.4 Å². The highest BCUT2D eigenvalue weighted by molar-refractivity contribution is 6.41. The second-order valence-electron chi connectivity index (χ2n) is 4.68. The highest BCUT2D eigenvalue weighted by Gasteiger charge is 2.17. The molecule has 1 aromatic rings. The number of hydrogen-bond donors (Lipinski definition) is 2. The zero-order valence-corrected chi connectivity index (χ0v) is 12.4. The predicted molar refractivity (Wildman–Crippen MR) is 77.5 cm³/mol. The van der Waals surface area contributed by atoms with Crippen LogP contribution in [0.15, 0.2) is 12.1 Å². The molecule has 0 bridgehead atoms. The first-order valence-corrected chi connectivity index (χ1v) is 6.61. The van der Waals surface area contributed by atoms with Crippen LogP contribution in [0.5, 0.6) is 0 Å². The molecule has 0 radical (unpaired) electrons. The highest BCUT2D eigenvalue weighted by atomic mass is 35.5. The average molecular weight is 283 g/mol. The first-order valence-electron chi connectivity index (χ1n) is 6.23. The Morgan fingerprint density at radius 3 is 2.42 bits per heavy atom. The molecule has 0 aliphatic rings. The summed E-state index contributed by atoms with van der Waals surface area (Å²) in [4.78, 5) is 23.4. The Hall–Kier alpha value is -1.55. The van der Waals surface area contributed by atoms with E-state index in [-0.39, 0.29) is 6.04 Å². The first kappa shape index (κ1) is 15.5. The van der Waals surface area contributed by atoms with Crippen LogP contribution in [0.1, 0.15) is 31.4 Å². The number of carbonyl (C=O) groups excluding carboxylic acids is 2. The zero-order valence-electron chi connectivity index (χ0n) is 11.6. The summed E-state index contributed by atoms with van der Waals surface area (Å²) in [6.45, 7) is 7.53. The Morgan fingerprint density at radius 2 is 1.89 bits per heavy atom. The number of nitrogens with one attached hydrogen (secondary N) is 2. The van der Waals surface area contributed by atoms with Crippen LogP contribution >= 0.6 is 11.6 Å². The summed E-state index contributed by atoms with van der Waals surface area (Å²) < 4.78 is 0. The topological polar surface area (TPSA) is 58.2 Å². The second-order valence-corrected chi connectivity index (χ2v) is 5.08. The van der Waals surface area contributed by atoms with Crippen LogP contribution in [0.3, 0.4) is 0 Å². The molecule has 1 atom stereocenters. The number of halogens is 1. The predicted octanol–water partition coefficient (Wildman–Crippen LogP) is 2.81. The molecule has 2 amide bonds. The third-order valence-corrected chi connectivity index (χ3v) is 3.16. The molecule has 1 rings (SSSR count). The summed E-state index contributed by atoms with van der Waals surface area (Å²) in [5.74, 6) is -1.35. The number of benzene rings is 1. The van der Waals surface area contributed by atoms with Crippen LogP contribution in [0, 0.1) is 13.8 Å². The van der Waals surface area contributed by atoms with Crippen molar-refractivity contribution in [3.63, 3.8) is 0 Å². The number of rotatable bonds is 3. The summed E-state index contributed by atoms with van der Waals surface area (Å²) in [7, 11) is 0. The second kappa shape index (κ2) is 6.57. The van der Waals surface area contributed by atoms with Crippen molar-refractivity contribution in [1.82, 2.24) is 5.32 Å².